The molecular formula is C30H25Cl2NO3. The van der Waals surface area contributed by atoms with Crippen LogP contribution in [0.5, 0.6) is 0 Å². The molecule has 0 spiro atoms. The number of ketones is 2. The second kappa shape index (κ2) is 9.61. The lowest BCUT2D eigenvalue weighted by molar-refractivity contribution is -0.119. The van der Waals surface area contributed by atoms with Crippen molar-refractivity contribution < 1.29 is 14.3 Å². The number of rotatable bonds is 5. The maximum Gasteiger partial charge on any atom is 0.205 e. The molecule has 182 valence electrons. The highest BCUT2D eigenvalue weighted by Crippen LogP contribution is 2.49. The summed E-state index contributed by atoms with van der Waals surface area (Å²) in [5.74, 6) is -0.0453. The van der Waals surface area contributed by atoms with Crippen LogP contribution in [0.1, 0.15) is 48.5 Å². The van der Waals surface area contributed by atoms with Crippen molar-refractivity contribution in [2.24, 2.45) is 5.41 Å². The minimum atomic E-state index is -0.607. The van der Waals surface area contributed by atoms with E-state index in [1.807, 2.05) is 60.7 Å². The lowest BCUT2D eigenvalue weighted by Gasteiger charge is -2.39. The lowest BCUT2D eigenvalue weighted by atomic mass is 9.69. The lowest BCUT2D eigenvalue weighted by Crippen LogP contribution is -2.35. The molecule has 6 heteroatoms. The Kier molecular flexibility index (Phi) is 6.50. The van der Waals surface area contributed by atoms with E-state index in [0.29, 0.717) is 46.2 Å². The molecule has 0 fully saturated rings. The van der Waals surface area contributed by atoms with Gasteiger partial charge in [0.1, 0.15) is 5.76 Å². The molecule has 1 aliphatic heterocycles. The molecule has 0 saturated carbocycles. The topological polar surface area (TPSA) is 55.4 Å². The Morgan fingerprint density at radius 1 is 0.944 bits per heavy atom. The molecule has 0 aromatic heterocycles. The minimum Gasteiger partial charge on any atom is -0.444 e. The van der Waals surface area contributed by atoms with Crippen LogP contribution in [0.3, 0.4) is 0 Å². The maximum absolute atomic E-state index is 14.2. The van der Waals surface area contributed by atoms with Crippen molar-refractivity contribution in [2.75, 3.05) is 5.32 Å². The molecule has 4 nitrogen and oxygen atoms in total. The van der Waals surface area contributed by atoms with Gasteiger partial charge in [-0.2, -0.15) is 0 Å². The Morgan fingerprint density at radius 2 is 1.61 bits per heavy atom. The Hall–Kier alpha value is -3.34. The third-order valence-corrected chi connectivity index (χ3v) is 7.06. The van der Waals surface area contributed by atoms with E-state index in [9.17, 15) is 9.59 Å². The molecule has 1 aliphatic carbocycles. The molecule has 1 unspecified atom stereocenters. The smallest absolute Gasteiger partial charge is 0.205 e. The van der Waals surface area contributed by atoms with E-state index in [0.717, 1.165) is 11.3 Å². The number of ether oxygens (including phenoxy) is 1. The van der Waals surface area contributed by atoms with Gasteiger partial charge in [0.15, 0.2) is 11.6 Å². The van der Waals surface area contributed by atoms with Crippen LogP contribution in [-0.4, -0.2) is 11.6 Å². The van der Waals surface area contributed by atoms with Gasteiger partial charge in [-0.1, -0.05) is 85.6 Å². The predicted octanol–water partition coefficient (Wildman–Crippen LogP) is 7.96. The van der Waals surface area contributed by atoms with Gasteiger partial charge in [-0.15, -0.1) is 0 Å². The summed E-state index contributed by atoms with van der Waals surface area (Å²) in [4.78, 5) is 27.8. The molecule has 3 aromatic rings. The van der Waals surface area contributed by atoms with Gasteiger partial charge in [-0.05, 0) is 41.3 Å². The monoisotopic (exact) mass is 517 g/mol. The number of carbonyl (C=O) groups excluding carboxylic acids is 2. The van der Waals surface area contributed by atoms with Gasteiger partial charge >= 0.3 is 0 Å². The van der Waals surface area contributed by atoms with Gasteiger partial charge in [0.25, 0.3) is 0 Å². The summed E-state index contributed by atoms with van der Waals surface area (Å²) in [7, 11) is 0. The summed E-state index contributed by atoms with van der Waals surface area (Å²) < 4.78 is 6.41. The fourth-order valence-electron chi connectivity index (χ4n) is 4.92. The summed E-state index contributed by atoms with van der Waals surface area (Å²) in [5, 5.41) is 3.98. The van der Waals surface area contributed by atoms with Gasteiger partial charge in [-0.25, -0.2) is 0 Å². The summed E-state index contributed by atoms with van der Waals surface area (Å²) in [6.07, 6.45) is 0.962. The molecule has 5 rings (SSSR count). The molecule has 1 atom stereocenters. The second-order valence-corrected chi connectivity index (χ2v) is 10.8. The zero-order chi connectivity index (χ0) is 25.4. The Balaban J connectivity index is 1.74. The number of nitrogens with one attached hydrogen (secondary N) is 1. The van der Waals surface area contributed by atoms with Crippen LogP contribution in [0.15, 0.2) is 102 Å². The summed E-state index contributed by atoms with van der Waals surface area (Å²) >= 11 is 12.6. The van der Waals surface area contributed by atoms with E-state index >= 15 is 0 Å². The van der Waals surface area contributed by atoms with Crippen molar-refractivity contribution in [3.8, 4) is 0 Å². The first-order valence-corrected chi connectivity index (χ1v) is 12.5. The van der Waals surface area contributed by atoms with Crippen molar-refractivity contribution in [3.05, 3.63) is 123 Å². The van der Waals surface area contributed by atoms with Crippen molar-refractivity contribution in [1.29, 1.82) is 0 Å². The zero-order valence-electron chi connectivity index (χ0n) is 20.0. The number of hydrogen-bond acceptors (Lipinski definition) is 4. The van der Waals surface area contributed by atoms with Crippen LogP contribution < -0.4 is 5.32 Å². The van der Waals surface area contributed by atoms with Crippen LogP contribution in [0, 0.1) is 5.41 Å². The molecule has 1 heterocycles. The number of halogens is 2. The molecule has 0 saturated heterocycles. The van der Waals surface area contributed by atoms with E-state index < -0.39 is 5.92 Å². The third-order valence-electron chi connectivity index (χ3n) is 6.51. The Morgan fingerprint density at radius 3 is 2.28 bits per heavy atom. The van der Waals surface area contributed by atoms with Crippen LogP contribution in [-0.2, 0) is 9.53 Å². The van der Waals surface area contributed by atoms with Gasteiger partial charge in [0.2, 0.25) is 5.88 Å². The normalized spacial score (nSPS) is 19.0. The minimum absolute atomic E-state index is 0.0126. The van der Waals surface area contributed by atoms with E-state index in [1.165, 1.54) is 0 Å². The molecule has 36 heavy (non-hydrogen) atoms. The molecule has 3 aromatic carbocycles. The first-order chi connectivity index (χ1) is 17.2. The van der Waals surface area contributed by atoms with Gasteiger partial charge in [-0.3, -0.25) is 9.59 Å². The molecule has 0 radical (unpaired) electrons. The first kappa shape index (κ1) is 24.4. The molecule has 0 amide bonds. The van der Waals surface area contributed by atoms with Crippen molar-refractivity contribution >= 4 is 40.5 Å². The van der Waals surface area contributed by atoms with E-state index in [1.54, 1.807) is 18.2 Å². The predicted molar refractivity (Wildman–Crippen MR) is 143 cm³/mol. The van der Waals surface area contributed by atoms with Crippen LogP contribution in [0.4, 0.5) is 5.69 Å². The summed E-state index contributed by atoms with van der Waals surface area (Å²) in [6, 6.07) is 23.9. The van der Waals surface area contributed by atoms with E-state index in [-0.39, 0.29) is 22.0 Å². The van der Waals surface area contributed by atoms with Gasteiger partial charge < -0.3 is 10.1 Å². The maximum atomic E-state index is 14.2. The fraction of sp³-hybridized carbons (Fsp3) is 0.200. The Labute approximate surface area is 220 Å². The quantitative estimate of drug-likeness (QED) is 0.348. The second-order valence-electron chi connectivity index (χ2n) is 9.91. The number of para-hydroxylation sites is 1. The average molecular weight is 518 g/mol. The summed E-state index contributed by atoms with van der Waals surface area (Å²) in [5.41, 5.74) is 2.50. The SMILES string of the molecule is CC1(C)CC(=O)C2=C(C1)OC(Nc1ccccc1)=C(C(=O)c1ccc(Cl)cc1Cl)C2c1ccccc1. The number of carbonyl (C=O) groups is 2. The van der Waals surface area contributed by atoms with Crippen LogP contribution in [0.2, 0.25) is 10.0 Å². The molecule has 2 aliphatic rings. The number of anilines is 1. The number of Topliss-reactive ketones (excluding diaryl/α,β-unsaturated/α-hetero) is 2. The third kappa shape index (κ3) is 4.71. The fourth-order valence-corrected chi connectivity index (χ4v) is 5.42. The van der Waals surface area contributed by atoms with Crippen LogP contribution >= 0.6 is 23.2 Å². The molecular weight excluding hydrogens is 493 g/mol. The van der Waals surface area contributed by atoms with Gasteiger partial charge in [0.05, 0.1) is 16.5 Å². The molecule has 0 bridgehead atoms. The average Bonchev–Trinajstić information content (AvgIpc) is 2.83. The molecule has 1 N–H and O–H groups in total. The largest absolute Gasteiger partial charge is 0.444 e. The standard InChI is InChI=1S/C30H25Cl2NO3/c1-30(2)16-23(34)26-24(17-30)36-29(33-20-11-7-4-8-12-20)27(25(26)18-9-5-3-6-10-18)28(35)21-14-13-19(31)15-22(21)32/h3-15,25,33H,16-17H2,1-2H3. The van der Waals surface area contributed by atoms with Crippen molar-refractivity contribution in [1.82, 2.24) is 0 Å². The first-order valence-electron chi connectivity index (χ1n) is 11.8. The van der Waals surface area contributed by atoms with E-state index in [4.69, 9.17) is 27.9 Å². The number of hydrogen-bond donors (Lipinski definition) is 1. The highest BCUT2D eigenvalue weighted by molar-refractivity contribution is 6.37. The number of benzene rings is 3. The highest BCUT2D eigenvalue weighted by Gasteiger charge is 2.45. The van der Waals surface area contributed by atoms with E-state index in [2.05, 4.69) is 19.2 Å². The van der Waals surface area contributed by atoms with Gasteiger partial charge in [0, 0.05) is 34.7 Å². The van der Waals surface area contributed by atoms with Crippen molar-refractivity contribution in [2.45, 2.75) is 32.6 Å². The number of allylic oxidation sites excluding steroid dienone is 3. The summed E-state index contributed by atoms with van der Waals surface area (Å²) in [6.45, 7) is 4.11. The highest BCUT2D eigenvalue weighted by atomic mass is 35.5. The van der Waals surface area contributed by atoms with Crippen molar-refractivity contribution in [3.63, 3.8) is 0 Å². The zero-order valence-corrected chi connectivity index (χ0v) is 21.5. The Bertz CT molecular complexity index is 1410. The van der Waals surface area contributed by atoms with Crippen LogP contribution in [0.25, 0.3) is 0 Å².